The van der Waals surface area contributed by atoms with Gasteiger partial charge in [0.25, 0.3) is 5.91 Å². The summed E-state index contributed by atoms with van der Waals surface area (Å²) in [5, 5.41) is 7.96. The van der Waals surface area contributed by atoms with Gasteiger partial charge in [-0.1, -0.05) is 48.0 Å². The molecule has 32 heavy (non-hydrogen) atoms. The molecule has 0 fully saturated rings. The van der Waals surface area contributed by atoms with Crippen LogP contribution in [0.15, 0.2) is 79.1 Å². The van der Waals surface area contributed by atoms with Crippen LogP contribution in [0.25, 0.3) is 0 Å². The van der Waals surface area contributed by atoms with Gasteiger partial charge < -0.3 is 10.1 Å². The Morgan fingerprint density at radius 3 is 2.69 bits per heavy atom. The fourth-order valence-electron chi connectivity index (χ4n) is 3.42. The van der Waals surface area contributed by atoms with E-state index >= 15 is 0 Å². The molecule has 0 saturated heterocycles. The number of aromatic nitrogens is 2. The average Bonchev–Trinajstić information content (AvgIpc) is 3.21. The second kappa shape index (κ2) is 9.71. The van der Waals surface area contributed by atoms with Crippen molar-refractivity contribution in [2.24, 2.45) is 0 Å². The minimum Gasteiger partial charge on any atom is -0.489 e. The summed E-state index contributed by atoms with van der Waals surface area (Å²) in [5.41, 5.74) is 5.49. The first-order chi connectivity index (χ1) is 15.5. The van der Waals surface area contributed by atoms with Crippen LogP contribution < -0.4 is 10.1 Å². The average molecular weight is 446 g/mol. The summed E-state index contributed by atoms with van der Waals surface area (Å²) in [4.78, 5) is 12.8. The molecule has 1 aromatic heterocycles. The fraction of sp³-hybridized carbons (Fsp3) is 0.154. The van der Waals surface area contributed by atoms with Crippen LogP contribution in [0.5, 0.6) is 5.75 Å². The van der Waals surface area contributed by atoms with E-state index in [-0.39, 0.29) is 5.91 Å². The third-order valence-electron chi connectivity index (χ3n) is 5.21. The number of amides is 1. The maximum Gasteiger partial charge on any atom is 0.255 e. The number of hydrogen-bond donors (Lipinski definition) is 1. The van der Waals surface area contributed by atoms with E-state index in [0.717, 1.165) is 16.9 Å². The summed E-state index contributed by atoms with van der Waals surface area (Å²) < 4.78 is 7.71. The number of nitrogens with zero attached hydrogens (tertiary/aromatic N) is 2. The van der Waals surface area contributed by atoms with E-state index in [2.05, 4.69) is 29.5 Å². The Labute approximate surface area is 192 Å². The third kappa shape index (κ3) is 5.37. The van der Waals surface area contributed by atoms with E-state index in [9.17, 15) is 4.79 Å². The highest BCUT2D eigenvalue weighted by Gasteiger charge is 2.10. The van der Waals surface area contributed by atoms with Crippen LogP contribution in [0.4, 0.5) is 5.69 Å². The fourth-order valence-corrected chi connectivity index (χ4v) is 3.64. The lowest BCUT2D eigenvalue weighted by Crippen LogP contribution is -2.12. The Hall–Kier alpha value is -3.57. The van der Waals surface area contributed by atoms with Crippen LogP contribution in [-0.4, -0.2) is 15.7 Å². The zero-order valence-corrected chi connectivity index (χ0v) is 18.8. The molecule has 1 N–H and O–H groups in total. The van der Waals surface area contributed by atoms with Gasteiger partial charge in [0, 0.05) is 16.8 Å². The SMILES string of the molecule is Cc1ccccc1Cn1cc(NC(=O)c2cccc(COc3ccc(Cl)cc3C)c2)cn1. The van der Waals surface area contributed by atoms with Gasteiger partial charge in [0.1, 0.15) is 12.4 Å². The van der Waals surface area contributed by atoms with Gasteiger partial charge in [-0.25, -0.2) is 0 Å². The van der Waals surface area contributed by atoms with E-state index < -0.39 is 0 Å². The Balaban J connectivity index is 1.39. The molecule has 162 valence electrons. The highest BCUT2D eigenvalue weighted by molar-refractivity contribution is 6.30. The Kier molecular flexibility index (Phi) is 6.57. The van der Waals surface area contributed by atoms with Crippen molar-refractivity contribution < 1.29 is 9.53 Å². The lowest BCUT2D eigenvalue weighted by Gasteiger charge is -2.10. The minimum absolute atomic E-state index is 0.190. The van der Waals surface area contributed by atoms with Gasteiger partial charge in [0.05, 0.1) is 18.4 Å². The van der Waals surface area contributed by atoms with Crippen LogP contribution in [-0.2, 0) is 13.2 Å². The summed E-state index contributed by atoms with van der Waals surface area (Å²) in [7, 11) is 0. The van der Waals surface area contributed by atoms with Gasteiger partial charge in [-0.2, -0.15) is 5.10 Å². The Bertz CT molecular complexity index is 1250. The Morgan fingerprint density at radius 2 is 1.88 bits per heavy atom. The van der Waals surface area contributed by atoms with Crippen LogP contribution in [0.2, 0.25) is 5.02 Å². The lowest BCUT2D eigenvalue weighted by molar-refractivity contribution is 0.102. The standard InChI is InChI=1S/C26H24ClN3O2/c1-18-6-3-4-8-22(18)15-30-16-24(14-28-30)29-26(31)21-9-5-7-20(13-21)17-32-25-11-10-23(27)12-19(25)2/h3-14,16H,15,17H2,1-2H3,(H,29,31). The normalized spacial score (nSPS) is 10.7. The summed E-state index contributed by atoms with van der Waals surface area (Å²) in [5.74, 6) is 0.579. The molecule has 4 rings (SSSR count). The summed E-state index contributed by atoms with van der Waals surface area (Å²) in [6, 6.07) is 21.1. The molecule has 0 saturated carbocycles. The molecule has 5 nitrogen and oxygen atoms in total. The number of carbonyl (C=O) groups is 1. The lowest BCUT2D eigenvalue weighted by atomic mass is 10.1. The van der Waals surface area contributed by atoms with Crippen molar-refractivity contribution in [2.45, 2.75) is 27.0 Å². The molecule has 4 aromatic rings. The number of ether oxygens (including phenoxy) is 1. The van der Waals surface area contributed by atoms with Crippen LogP contribution in [0, 0.1) is 13.8 Å². The number of halogens is 1. The predicted molar refractivity (Wildman–Crippen MR) is 127 cm³/mol. The van der Waals surface area contributed by atoms with Crippen molar-refractivity contribution in [3.05, 3.63) is 112 Å². The molecule has 0 bridgehead atoms. The molecular formula is C26H24ClN3O2. The number of anilines is 1. The number of hydrogen-bond acceptors (Lipinski definition) is 3. The van der Waals surface area contributed by atoms with Crippen molar-refractivity contribution >= 4 is 23.2 Å². The first-order valence-electron chi connectivity index (χ1n) is 10.3. The second-order valence-electron chi connectivity index (χ2n) is 7.71. The van der Waals surface area contributed by atoms with E-state index in [1.807, 2.05) is 60.3 Å². The van der Waals surface area contributed by atoms with Crippen molar-refractivity contribution in [3.63, 3.8) is 0 Å². The molecule has 0 aliphatic rings. The highest BCUT2D eigenvalue weighted by Crippen LogP contribution is 2.23. The van der Waals surface area contributed by atoms with Crippen molar-refractivity contribution in [1.82, 2.24) is 9.78 Å². The van der Waals surface area contributed by atoms with Gasteiger partial charge >= 0.3 is 0 Å². The van der Waals surface area contributed by atoms with Gasteiger partial charge in [-0.05, 0) is 66.4 Å². The first-order valence-corrected chi connectivity index (χ1v) is 10.7. The van der Waals surface area contributed by atoms with Crippen molar-refractivity contribution in [1.29, 1.82) is 0 Å². The van der Waals surface area contributed by atoms with E-state index in [4.69, 9.17) is 16.3 Å². The second-order valence-corrected chi connectivity index (χ2v) is 8.14. The van der Waals surface area contributed by atoms with E-state index in [1.165, 1.54) is 11.1 Å². The minimum atomic E-state index is -0.190. The first kappa shape index (κ1) is 21.7. The summed E-state index contributed by atoms with van der Waals surface area (Å²) in [6.45, 7) is 5.04. The number of carbonyl (C=O) groups excluding carboxylic acids is 1. The van der Waals surface area contributed by atoms with E-state index in [0.29, 0.717) is 29.4 Å². The molecule has 0 atom stereocenters. The third-order valence-corrected chi connectivity index (χ3v) is 5.44. The van der Waals surface area contributed by atoms with Gasteiger partial charge in [-0.15, -0.1) is 0 Å². The molecule has 0 aliphatic heterocycles. The maximum atomic E-state index is 12.8. The molecule has 0 spiro atoms. The topological polar surface area (TPSA) is 56.2 Å². The summed E-state index contributed by atoms with van der Waals surface area (Å²) >= 11 is 6.00. The molecule has 1 heterocycles. The van der Waals surface area contributed by atoms with E-state index in [1.54, 1.807) is 18.3 Å². The van der Waals surface area contributed by atoms with Gasteiger partial charge in [0.2, 0.25) is 0 Å². The monoisotopic (exact) mass is 445 g/mol. The quantitative estimate of drug-likeness (QED) is 0.377. The van der Waals surface area contributed by atoms with Crippen LogP contribution >= 0.6 is 11.6 Å². The molecule has 0 unspecified atom stereocenters. The highest BCUT2D eigenvalue weighted by atomic mass is 35.5. The van der Waals surface area contributed by atoms with Gasteiger partial charge in [-0.3, -0.25) is 9.48 Å². The Morgan fingerprint density at radius 1 is 1.03 bits per heavy atom. The molecular weight excluding hydrogens is 422 g/mol. The molecule has 0 aliphatic carbocycles. The van der Waals surface area contributed by atoms with Crippen molar-refractivity contribution in [2.75, 3.05) is 5.32 Å². The number of rotatable bonds is 7. The molecule has 3 aromatic carbocycles. The maximum absolute atomic E-state index is 12.8. The largest absolute Gasteiger partial charge is 0.489 e. The number of benzene rings is 3. The number of nitrogens with one attached hydrogen (secondary N) is 1. The smallest absolute Gasteiger partial charge is 0.255 e. The number of aryl methyl sites for hydroxylation is 2. The van der Waals surface area contributed by atoms with Crippen LogP contribution in [0.3, 0.4) is 0 Å². The van der Waals surface area contributed by atoms with Crippen molar-refractivity contribution in [3.8, 4) is 5.75 Å². The zero-order valence-electron chi connectivity index (χ0n) is 18.0. The van der Waals surface area contributed by atoms with Crippen LogP contribution in [0.1, 0.15) is 32.6 Å². The zero-order chi connectivity index (χ0) is 22.5. The summed E-state index contributed by atoms with van der Waals surface area (Å²) in [6.07, 6.45) is 3.49. The van der Waals surface area contributed by atoms with Gasteiger partial charge in [0.15, 0.2) is 0 Å². The molecule has 6 heteroatoms. The predicted octanol–water partition coefficient (Wildman–Crippen LogP) is 6.03. The molecule has 0 radical (unpaired) electrons. The molecule has 1 amide bonds.